The molecule has 1 amide bonds. The number of carbonyl (C=O) groups is 1. The van der Waals surface area contributed by atoms with E-state index in [9.17, 15) is 9.59 Å². The number of anilines is 1. The van der Waals surface area contributed by atoms with E-state index in [0.29, 0.717) is 6.42 Å². The molecule has 1 N–H and O–H groups in total. The topological polar surface area (TPSA) is 51.1 Å². The molecule has 0 atom stereocenters. The minimum Gasteiger partial charge on any atom is -0.351 e. The molecule has 0 saturated heterocycles. The Hall–Kier alpha value is -1.88. The van der Waals surface area contributed by atoms with Crippen LogP contribution in [-0.2, 0) is 26.3 Å². The molecule has 0 aliphatic carbocycles. The summed E-state index contributed by atoms with van der Waals surface area (Å²) in [5, 5.41) is 3.06. The van der Waals surface area contributed by atoms with Crippen molar-refractivity contribution in [2.24, 2.45) is 7.05 Å². The molecule has 0 unspecified atom stereocenters. The molecule has 27 heavy (non-hydrogen) atoms. The summed E-state index contributed by atoms with van der Waals surface area (Å²) in [7, 11) is 1.92. The number of nitrogens with one attached hydrogen (secondary N) is 1. The highest BCUT2D eigenvalue weighted by molar-refractivity contribution is 9.10. The van der Waals surface area contributed by atoms with Gasteiger partial charge in [-0.1, -0.05) is 43.1 Å². The van der Waals surface area contributed by atoms with Crippen molar-refractivity contribution >= 4 is 27.5 Å². The molecule has 0 bridgehead atoms. The molecule has 1 aromatic heterocycles. The number of halogens is 1. The predicted octanol–water partition coefficient (Wildman–Crippen LogP) is 5.18. The van der Waals surface area contributed by atoms with Crippen LogP contribution in [0.5, 0.6) is 0 Å². The molecule has 0 saturated carbocycles. The predicted molar refractivity (Wildman–Crippen MR) is 116 cm³/mol. The highest BCUT2D eigenvalue weighted by Crippen LogP contribution is 2.28. The number of aryl methyl sites for hydroxylation is 3. The molecule has 2 aromatic rings. The quantitative estimate of drug-likeness (QED) is 0.655. The number of aromatic nitrogens is 1. The molecule has 5 heteroatoms. The van der Waals surface area contributed by atoms with Gasteiger partial charge in [-0.25, -0.2) is 0 Å². The number of hydrogen-bond donors (Lipinski definition) is 1. The Morgan fingerprint density at radius 3 is 2.22 bits per heavy atom. The minimum absolute atomic E-state index is 0.206. The zero-order valence-electron chi connectivity index (χ0n) is 16.9. The largest absolute Gasteiger partial charge is 0.351 e. The summed E-state index contributed by atoms with van der Waals surface area (Å²) in [6.07, 6.45) is 4.27. The van der Waals surface area contributed by atoms with Gasteiger partial charge in [-0.15, -0.1) is 0 Å². The van der Waals surface area contributed by atoms with Gasteiger partial charge in [-0.05, 0) is 55.9 Å². The van der Waals surface area contributed by atoms with Crippen LogP contribution in [0.25, 0.3) is 0 Å². The van der Waals surface area contributed by atoms with E-state index in [1.54, 1.807) is 6.07 Å². The van der Waals surface area contributed by atoms with Crippen LogP contribution in [-0.4, -0.2) is 10.5 Å². The van der Waals surface area contributed by atoms with Gasteiger partial charge in [0.2, 0.25) is 0 Å². The van der Waals surface area contributed by atoms with Crippen molar-refractivity contribution < 1.29 is 4.79 Å². The third-order valence-electron chi connectivity index (χ3n) is 5.07. The normalized spacial score (nSPS) is 10.9. The van der Waals surface area contributed by atoms with Crippen molar-refractivity contribution in [1.29, 1.82) is 0 Å². The average Bonchev–Trinajstić information content (AvgIpc) is 2.64. The van der Waals surface area contributed by atoms with E-state index in [1.165, 1.54) is 0 Å². The molecule has 0 radical (unpaired) electrons. The number of carbonyl (C=O) groups excluding carboxylic acids is 1. The van der Waals surface area contributed by atoms with Gasteiger partial charge in [0.1, 0.15) is 5.56 Å². The third kappa shape index (κ3) is 4.70. The fourth-order valence-electron chi connectivity index (χ4n) is 3.38. The fourth-order valence-corrected chi connectivity index (χ4v) is 3.93. The number of rotatable bonds is 7. The number of hydrogen-bond acceptors (Lipinski definition) is 2. The number of benzene rings is 1. The molecule has 2 rings (SSSR count). The van der Waals surface area contributed by atoms with Crippen molar-refractivity contribution in [3.63, 3.8) is 0 Å². The van der Waals surface area contributed by atoms with Crippen LogP contribution in [0.1, 0.15) is 66.5 Å². The maximum atomic E-state index is 13.2. The lowest BCUT2D eigenvalue weighted by molar-refractivity contribution is 0.102. The van der Waals surface area contributed by atoms with E-state index >= 15 is 0 Å². The van der Waals surface area contributed by atoms with E-state index in [2.05, 4.69) is 42.0 Å². The van der Waals surface area contributed by atoms with Gasteiger partial charge in [0, 0.05) is 34.7 Å². The Morgan fingerprint density at radius 1 is 1.11 bits per heavy atom. The van der Waals surface area contributed by atoms with Crippen LogP contribution < -0.4 is 10.7 Å². The Bertz CT molecular complexity index is 875. The second-order valence-electron chi connectivity index (χ2n) is 6.89. The SMILES string of the molecule is CCCCc1c(C(=O)Nc2c(CC)cc(Br)cc2CC)c(=O)cc(C)n1C. The van der Waals surface area contributed by atoms with Crippen LogP contribution in [0.4, 0.5) is 5.69 Å². The smallest absolute Gasteiger partial charge is 0.261 e. The number of unbranched alkanes of at least 4 members (excludes halogenated alkanes) is 1. The van der Waals surface area contributed by atoms with Gasteiger partial charge < -0.3 is 9.88 Å². The van der Waals surface area contributed by atoms with Crippen LogP contribution in [0, 0.1) is 6.92 Å². The molecular weight excluding hydrogens is 404 g/mol. The Kier molecular flexibility index (Phi) is 7.42. The van der Waals surface area contributed by atoms with Crippen LogP contribution in [0.15, 0.2) is 27.5 Å². The molecule has 4 nitrogen and oxygen atoms in total. The molecule has 1 aromatic carbocycles. The summed E-state index contributed by atoms with van der Waals surface area (Å²) in [5.74, 6) is -0.312. The zero-order chi connectivity index (χ0) is 20.1. The first-order chi connectivity index (χ1) is 12.8. The fraction of sp³-hybridized carbons (Fsp3) is 0.455. The van der Waals surface area contributed by atoms with Crippen molar-refractivity contribution in [2.75, 3.05) is 5.32 Å². The maximum absolute atomic E-state index is 13.2. The summed E-state index contributed by atoms with van der Waals surface area (Å²) in [5.41, 5.74) is 4.70. The number of amides is 1. The van der Waals surface area contributed by atoms with Gasteiger partial charge in [0.05, 0.1) is 0 Å². The molecule has 0 spiro atoms. The van der Waals surface area contributed by atoms with Crippen molar-refractivity contribution in [2.45, 2.75) is 59.8 Å². The molecule has 0 aliphatic rings. The Balaban J connectivity index is 2.54. The maximum Gasteiger partial charge on any atom is 0.261 e. The van der Waals surface area contributed by atoms with Crippen molar-refractivity contribution in [1.82, 2.24) is 4.57 Å². The van der Waals surface area contributed by atoms with E-state index in [0.717, 1.165) is 58.4 Å². The minimum atomic E-state index is -0.312. The van der Waals surface area contributed by atoms with Gasteiger partial charge in [-0.3, -0.25) is 9.59 Å². The van der Waals surface area contributed by atoms with Crippen LogP contribution >= 0.6 is 15.9 Å². The Morgan fingerprint density at radius 2 is 1.70 bits per heavy atom. The first-order valence-corrected chi connectivity index (χ1v) is 10.4. The van der Waals surface area contributed by atoms with E-state index in [4.69, 9.17) is 0 Å². The van der Waals surface area contributed by atoms with Gasteiger partial charge >= 0.3 is 0 Å². The number of pyridine rings is 1. The van der Waals surface area contributed by atoms with Crippen molar-refractivity contribution in [3.8, 4) is 0 Å². The molecule has 0 aliphatic heterocycles. The lowest BCUT2D eigenvalue weighted by Gasteiger charge is -2.19. The first kappa shape index (κ1) is 21.4. The lowest BCUT2D eigenvalue weighted by Crippen LogP contribution is -2.28. The lowest BCUT2D eigenvalue weighted by atomic mass is 10.0. The van der Waals surface area contributed by atoms with Crippen LogP contribution in [0.2, 0.25) is 0 Å². The van der Waals surface area contributed by atoms with Gasteiger partial charge in [0.15, 0.2) is 5.43 Å². The second kappa shape index (κ2) is 9.36. The average molecular weight is 433 g/mol. The second-order valence-corrected chi connectivity index (χ2v) is 7.81. The standard InChI is InChI=1S/C22H29BrN2O2/c1-6-9-10-18-20(19(26)11-14(4)25(18)5)22(27)24-21-15(7-2)12-17(23)13-16(21)8-3/h11-13H,6-10H2,1-5H3,(H,24,27). The molecule has 146 valence electrons. The van der Waals surface area contributed by atoms with E-state index in [1.807, 2.05) is 30.7 Å². The van der Waals surface area contributed by atoms with Crippen LogP contribution in [0.3, 0.4) is 0 Å². The first-order valence-electron chi connectivity index (χ1n) is 9.66. The molecule has 1 heterocycles. The van der Waals surface area contributed by atoms with Crippen molar-refractivity contribution in [3.05, 3.63) is 61.0 Å². The molecular formula is C22H29BrN2O2. The molecule has 0 fully saturated rings. The summed E-state index contributed by atoms with van der Waals surface area (Å²) in [6.45, 7) is 8.14. The summed E-state index contributed by atoms with van der Waals surface area (Å²) >= 11 is 3.54. The highest BCUT2D eigenvalue weighted by atomic mass is 79.9. The highest BCUT2D eigenvalue weighted by Gasteiger charge is 2.21. The monoisotopic (exact) mass is 432 g/mol. The van der Waals surface area contributed by atoms with Gasteiger partial charge in [-0.2, -0.15) is 0 Å². The summed E-state index contributed by atoms with van der Waals surface area (Å²) < 4.78 is 2.97. The zero-order valence-corrected chi connectivity index (χ0v) is 18.5. The Labute approximate surface area is 170 Å². The van der Waals surface area contributed by atoms with Gasteiger partial charge in [0.25, 0.3) is 5.91 Å². The summed E-state index contributed by atoms with van der Waals surface area (Å²) in [4.78, 5) is 25.9. The summed E-state index contributed by atoms with van der Waals surface area (Å²) in [6, 6.07) is 5.60. The number of nitrogens with zero attached hydrogens (tertiary/aromatic N) is 1. The third-order valence-corrected chi connectivity index (χ3v) is 5.53. The van der Waals surface area contributed by atoms with E-state index < -0.39 is 0 Å². The van der Waals surface area contributed by atoms with E-state index in [-0.39, 0.29) is 16.9 Å².